The summed E-state index contributed by atoms with van der Waals surface area (Å²) in [6, 6.07) is 17.8. The Bertz CT molecular complexity index is 1340. The van der Waals surface area contributed by atoms with Gasteiger partial charge in [-0.3, -0.25) is 9.59 Å². The number of nitrogens with one attached hydrogen (secondary N) is 2. The fourth-order valence-corrected chi connectivity index (χ4v) is 4.33. The van der Waals surface area contributed by atoms with Crippen LogP contribution in [0.25, 0.3) is 5.70 Å². The van der Waals surface area contributed by atoms with Crippen LogP contribution in [-0.4, -0.2) is 31.1 Å². The van der Waals surface area contributed by atoms with E-state index in [-0.39, 0.29) is 24.0 Å². The Balaban J connectivity index is 1.34. The topological polar surface area (TPSA) is 85.9 Å². The number of anilines is 1. The minimum absolute atomic E-state index is 0.151. The van der Waals surface area contributed by atoms with Gasteiger partial charge in [-0.2, -0.15) is 0 Å². The first-order valence-electron chi connectivity index (χ1n) is 11.3. The number of fused-ring (bicyclic) bond motifs is 2. The number of ketones is 1. The standard InChI is InChI=1S/C28H26N2O5/c1-28(2)15-19-8-10-21(33-3)13-22(19)23(30-28)14-24(31)17-4-6-18(7-5-17)27(32)29-20-9-11-25-26(12-20)35-16-34-25/h4-14,30H,15-16H2,1-3H3,(H,29,32)/b23-14-. The van der Waals surface area contributed by atoms with Gasteiger partial charge in [0.2, 0.25) is 6.79 Å². The van der Waals surface area contributed by atoms with Crippen LogP contribution < -0.4 is 24.8 Å². The molecular weight excluding hydrogens is 444 g/mol. The van der Waals surface area contributed by atoms with Crippen LogP contribution >= 0.6 is 0 Å². The Hall–Kier alpha value is -4.26. The van der Waals surface area contributed by atoms with E-state index in [9.17, 15) is 9.59 Å². The van der Waals surface area contributed by atoms with Crippen LogP contribution in [0.2, 0.25) is 0 Å². The van der Waals surface area contributed by atoms with Gasteiger partial charge in [0.05, 0.1) is 7.11 Å². The van der Waals surface area contributed by atoms with Crippen LogP contribution in [0.3, 0.4) is 0 Å². The highest BCUT2D eigenvalue weighted by Crippen LogP contribution is 2.35. The molecule has 0 unspecified atom stereocenters. The number of hydrogen-bond acceptors (Lipinski definition) is 6. The van der Waals surface area contributed by atoms with Crippen LogP contribution in [0, 0.1) is 0 Å². The number of carbonyl (C=O) groups is 2. The second-order valence-corrected chi connectivity index (χ2v) is 9.23. The third kappa shape index (κ3) is 4.71. The number of amides is 1. The quantitative estimate of drug-likeness (QED) is 0.411. The van der Waals surface area contributed by atoms with Crippen molar-refractivity contribution in [1.82, 2.24) is 5.32 Å². The molecule has 0 aromatic heterocycles. The lowest BCUT2D eigenvalue weighted by molar-refractivity contribution is 0.102. The highest BCUT2D eigenvalue weighted by Gasteiger charge is 2.28. The van der Waals surface area contributed by atoms with Crippen molar-refractivity contribution in [3.8, 4) is 17.2 Å². The molecule has 0 saturated carbocycles. The summed E-state index contributed by atoms with van der Waals surface area (Å²) in [5.74, 6) is 1.55. The maximum absolute atomic E-state index is 13.1. The molecule has 0 spiro atoms. The molecule has 2 aliphatic heterocycles. The molecular formula is C28H26N2O5. The number of benzene rings is 3. The average Bonchev–Trinajstić information content (AvgIpc) is 3.31. The summed E-state index contributed by atoms with van der Waals surface area (Å²) in [6.07, 6.45) is 2.45. The molecule has 178 valence electrons. The highest BCUT2D eigenvalue weighted by molar-refractivity contribution is 6.10. The van der Waals surface area contributed by atoms with Gasteiger partial charge in [-0.25, -0.2) is 0 Å². The van der Waals surface area contributed by atoms with Crippen molar-refractivity contribution in [2.75, 3.05) is 19.2 Å². The lowest BCUT2D eigenvalue weighted by Gasteiger charge is -2.35. The van der Waals surface area contributed by atoms with Crippen LogP contribution in [0.15, 0.2) is 66.7 Å². The Labute approximate surface area is 203 Å². The predicted molar refractivity (Wildman–Crippen MR) is 133 cm³/mol. The highest BCUT2D eigenvalue weighted by atomic mass is 16.7. The van der Waals surface area contributed by atoms with Crippen molar-refractivity contribution in [3.05, 3.63) is 89.0 Å². The van der Waals surface area contributed by atoms with Gasteiger partial charge in [-0.05, 0) is 62.2 Å². The summed E-state index contributed by atoms with van der Waals surface area (Å²) in [5, 5.41) is 6.32. The third-order valence-electron chi connectivity index (χ3n) is 6.05. The molecule has 0 saturated heterocycles. The summed E-state index contributed by atoms with van der Waals surface area (Å²) < 4.78 is 16.0. The lowest BCUT2D eigenvalue weighted by atomic mass is 9.85. The van der Waals surface area contributed by atoms with Gasteiger partial charge < -0.3 is 24.8 Å². The van der Waals surface area contributed by atoms with Gasteiger partial charge in [-0.1, -0.05) is 18.2 Å². The van der Waals surface area contributed by atoms with Crippen molar-refractivity contribution < 1.29 is 23.8 Å². The molecule has 0 radical (unpaired) electrons. The number of carbonyl (C=O) groups excluding carboxylic acids is 2. The normalized spacial score (nSPS) is 16.3. The third-order valence-corrected chi connectivity index (χ3v) is 6.05. The van der Waals surface area contributed by atoms with Crippen molar-refractivity contribution in [2.24, 2.45) is 0 Å². The van der Waals surface area contributed by atoms with Crippen molar-refractivity contribution in [1.29, 1.82) is 0 Å². The second kappa shape index (κ2) is 8.83. The Morgan fingerprint density at radius 2 is 1.71 bits per heavy atom. The molecule has 1 amide bonds. The van der Waals surface area contributed by atoms with Gasteiger partial charge in [0.25, 0.3) is 5.91 Å². The molecule has 3 aromatic rings. The number of methoxy groups -OCH3 is 1. The molecule has 0 bridgehead atoms. The molecule has 7 nitrogen and oxygen atoms in total. The van der Waals surface area contributed by atoms with E-state index < -0.39 is 0 Å². The van der Waals surface area contributed by atoms with Gasteiger partial charge in [0.15, 0.2) is 17.3 Å². The zero-order valence-corrected chi connectivity index (χ0v) is 19.8. The van der Waals surface area contributed by atoms with Gasteiger partial charge in [-0.15, -0.1) is 0 Å². The monoisotopic (exact) mass is 470 g/mol. The number of ether oxygens (including phenoxy) is 3. The van der Waals surface area contributed by atoms with E-state index in [4.69, 9.17) is 14.2 Å². The molecule has 7 heteroatoms. The molecule has 35 heavy (non-hydrogen) atoms. The van der Waals surface area contributed by atoms with Crippen LogP contribution in [0.5, 0.6) is 17.2 Å². The Morgan fingerprint density at radius 3 is 2.49 bits per heavy atom. The van der Waals surface area contributed by atoms with Gasteiger partial charge in [0, 0.05) is 45.8 Å². The Morgan fingerprint density at radius 1 is 0.971 bits per heavy atom. The van der Waals surface area contributed by atoms with E-state index in [0.717, 1.165) is 29.0 Å². The fourth-order valence-electron chi connectivity index (χ4n) is 4.33. The first-order valence-corrected chi connectivity index (χ1v) is 11.3. The lowest BCUT2D eigenvalue weighted by Crippen LogP contribution is -2.43. The zero-order chi connectivity index (χ0) is 24.6. The number of hydrogen-bond donors (Lipinski definition) is 2. The Kier molecular flexibility index (Phi) is 5.68. The summed E-state index contributed by atoms with van der Waals surface area (Å²) in [6.45, 7) is 4.38. The van der Waals surface area contributed by atoms with E-state index in [1.54, 1.807) is 55.7 Å². The number of allylic oxidation sites excluding steroid dienone is 1. The first-order chi connectivity index (χ1) is 16.8. The molecule has 3 aromatic carbocycles. The van der Waals surface area contributed by atoms with E-state index in [0.29, 0.717) is 28.3 Å². The van der Waals surface area contributed by atoms with Crippen LogP contribution in [0.1, 0.15) is 45.7 Å². The second-order valence-electron chi connectivity index (χ2n) is 9.23. The largest absolute Gasteiger partial charge is 0.497 e. The zero-order valence-electron chi connectivity index (χ0n) is 19.8. The van der Waals surface area contributed by atoms with Gasteiger partial charge in [0.1, 0.15) is 5.75 Å². The van der Waals surface area contributed by atoms with Crippen molar-refractivity contribution in [3.63, 3.8) is 0 Å². The summed E-state index contributed by atoms with van der Waals surface area (Å²) in [4.78, 5) is 25.8. The van der Waals surface area contributed by atoms with E-state index in [1.165, 1.54) is 0 Å². The molecule has 0 fully saturated rings. The number of rotatable bonds is 5. The van der Waals surface area contributed by atoms with Crippen molar-refractivity contribution >= 4 is 23.1 Å². The molecule has 2 aliphatic rings. The fraction of sp³-hybridized carbons (Fsp3) is 0.214. The van der Waals surface area contributed by atoms with Crippen LogP contribution in [0.4, 0.5) is 5.69 Å². The summed E-state index contributed by atoms with van der Waals surface area (Å²) >= 11 is 0. The van der Waals surface area contributed by atoms with E-state index in [1.807, 2.05) is 18.2 Å². The molecule has 2 heterocycles. The van der Waals surface area contributed by atoms with E-state index in [2.05, 4.69) is 24.5 Å². The SMILES string of the molecule is COc1ccc2c(c1)/C(=C/C(=O)c1ccc(C(=O)Nc3ccc4c(c3)OCO4)cc1)NC(C)(C)C2. The summed E-state index contributed by atoms with van der Waals surface area (Å²) in [5.41, 5.74) is 4.21. The molecule has 5 rings (SSSR count). The summed E-state index contributed by atoms with van der Waals surface area (Å²) in [7, 11) is 1.63. The molecule has 0 atom stereocenters. The van der Waals surface area contributed by atoms with Crippen molar-refractivity contribution in [2.45, 2.75) is 25.8 Å². The smallest absolute Gasteiger partial charge is 0.255 e. The van der Waals surface area contributed by atoms with E-state index >= 15 is 0 Å². The van der Waals surface area contributed by atoms with Gasteiger partial charge >= 0.3 is 0 Å². The molecule has 0 aliphatic carbocycles. The molecule has 2 N–H and O–H groups in total. The maximum atomic E-state index is 13.1. The average molecular weight is 471 g/mol. The minimum atomic E-state index is -0.280. The minimum Gasteiger partial charge on any atom is -0.497 e. The van der Waals surface area contributed by atoms with Crippen LogP contribution in [-0.2, 0) is 6.42 Å². The predicted octanol–water partition coefficient (Wildman–Crippen LogP) is 4.82. The maximum Gasteiger partial charge on any atom is 0.255 e. The first kappa shape index (κ1) is 22.5.